The Kier molecular flexibility index (Phi) is 3.70. The molecule has 0 spiro atoms. The molecule has 2 nitrogen and oxygen atoms in total. The van der Waals surface area contributed by atoms with Crippen LogP contribution in [-0.2, 0) is 0 Å². The van der Waals surface area contributed by atoms with Gasteiger partial charge in [-0.1, -0.05) is 23.6 Å². The molecule has 0 radical (unpaired) electrons. The first-order valence-corrected chi connectivity index (χ1v) is 4.58. The first-order chi connectivity index (χ1) is 7.07. The number of hydrogen-bond donors (Lipinski definition) is 0. The fraction of sp³-hybridized carbons (Fsp3) is 0.182. The zero-order valence-corrected chi connectivity index (χ0v) is 8.88. The average Bonchev–Trinajstić information content (AvgIpc) is 2.17. The molecule has 0 unspecified atom stereocenters. The molecule has 15 heavy (non-hydrogen) atoms. The summed E-state index contributed by atoms with van der Waals surface area (Å²) in [6, 6.07) is 4.08. The van der Waals surface area contributed by atoms with E-state index >= 15 is 0 Å². The smallest absolute Gasteiger partial charge is 0.258 e. The van der Waals surface area contributed by atoms with E-state index in [-0.39, 0.29) is 17.1 Å². The van der Waals surface area contributed by atoms with Crippen LogP contribution in [0.4, 0.5) is 4.39 Å². The van der Waals surface area contributed by atoms with Crippen LogP contribution in [0.15, 0.2) is 18.2 Å². The number of amides is 1. The summed E-state index contributed by atoms with van der Waals surface area (Å²) in [6.45, 7) is 0.115. The lowest BCUT2D eigenvalue weighted by Crippen LogP contribution is -2.28. The lowest BCUT2D eigenvalue weighted by Gasteiger charge is -2.14. The molecule has 0 saturated carbocycles. The molecule has 0 aliphatic heterocycles. The molecule has 0 atom stereocenters. The van der Waals surface area contributed by atoms with E-state index in [2.05, 4.69) is 5.92 Å². The molecule has 0 aromatic heterocycles. The van der Waals surface area contributed by atoms with E-state index in [9.17, 15) is 9.18 Å². The van der Waals surface area contributed by atoms with Crippen LogP contribution in [0.25, 0.3) is 0 Å². The number of carbonyl (C=O) groups is 1. The van der Waals surface area contributed by atoms with Gasteiger partial charge in [0.2, 0.25) is 0 Å². The van der Waals surface area contributed by atoms with Crippen molar-refractivity contribution in [3.8, 4) is 12.3 Å². The first kappa shape index (κ1) is 11.5. The SMILES string of the molecule is C#CCN(C)C(=O)c1c(F)cccc1Cl. The molecule has 1 amide bonds. The molecular weight excluding hydrogens is 217 g/mol. The number of benzene rings is 1. The quantitative estimate of drug-likeness (QED) is 0.707. The highest BCUT2D eigenvalue weighted by molar-refractivity contribution is 6.33. The average molecular weight is 226 g/mol. The van der Waals surface area contributed by atoms with Crippen molar-refractivity contribution in [2.75, 3.05) is 13.6 Å². The minimum atomic E-state index is -0.642. The Hall–Kier alpha value is -1.53. The Morgan fingerprint density at radius 3 is 2.87 bits per heavy atom. The molecule has 0 heterocycles. The topological polar surface area (TPSA) is 20.3 Å². The predicted molar refractivity (Wildman–Crippen MR) is 57.2 cm³/mol. The van der Waals surface area contributed by atoms with Crippen LogP contribution in [0.5, 0.6) is 0 Å². The second kappa shape index (κ2) is 4.81. The highest BCUT2D eigenvalue weighted by Crippen LogP contribution is 2.20. The number of terminal acetylenes is 1. The second-order valence-corrected chi connectivity index (χ2v) is 3.37. The van der Waals surface area contributed by atoms with Gasteiger partial charge in [-0.2, -0.15) is 0 Å². The van der Waals surface area contributed by atoms with Crippen LogP contribution >= 0.6 is 11.6 Å². The molecular formula is C11H9ClFNO. The molecule has 0 fully saturated rings. The lowest BCUT2D eigenvalue weighted by atomic mass is 10.2. The van der Waals surface area contributed by atoms with Crippen molar-refractivity contribution in [3.63, 3.8) is 0 Å². The molecule has 1 aromatic rings. The van der Waals surface area contributed by atoms with E-state index in [1.54, 1.807) is 0 Å². The number of hydrogen-bond acceptors (Lipinski definition) is 1. The summed E-state index contributed by atoms with van der Waals surface area (Å²) in [5, 5.41) is 0.0869. The predicted octanol–water partition coefficient (Wildman–Crippen LogP) is 2.18. The van der Waals surface area contributed by atoms with Gasteiger partial charge in [0.25, 0.3) is 5.91 Å². The number of nitrogens with zero attached hydrogens (tertiary/aromatic N) is 1. The molecule has 1 aromatic carbocycles. The maximum Gasteiger partial charge on any atom is 0.258 e. The third-order valence-corrected chi connectivity index (χ3v) is 2.17. The van der Waals surface area contributed by atoms with Crippen LogP contribution in [-0.4, -0.2) is 24.4 Å². The van der Waals surface area contributed by atoms with E-state index in [1.165, 1.54) is 30.1 Å². The van der Waals surface area contributed by atoms with Gasteiger partial charge in [-0.3, -0.25) is 4.79 Å². The third kappa shape index (κ3) is 2.48. The number of rotatable bonds is 2. The molecule has 0 aliphatic carbocycles. The van der Waals surface area contributed by atoms with E-state index in [0.717, 1.165) is 0 Å². The van der Waals surface area contributed by atoms with Gasteiger partial charge in [0.15, 0.2) is 0 Å². The Labute approximate surface area is 92.6 Å². The summed E-state index contributed by atoms with van der Waals surface area (Å²) in [7, 11) is 1.49. The Balaban J connectivity index is 3.07. The number of halogens is 2. The Bertz CT molecular complexity index is 405. The van der Waals surface area contributed by atoms with Gasteiger partial charge in [0.05, 0.1) is 17.1 Å². The highest BCUT2D eigenvalue weighted by atomic mass is 35.5. The normalized spacial score (nSPS) is 9.47. The summed E-state index contributed by atoms with van der Waals surface area (Å²) in [6.07, 6.45) is 5.05. The van der Waals surface area contributed by atoms with Gasteiger partial charge in [-0.25, -0.2) is 4.39 Å². The van der Waals surface area contributed by atoms with Crippen LogP contribution in [0.1, 0.15) is 10.4 Å². The molecule has 0 N–H and O–H groups in total. The van der Waals surface area contributed by atoms with E-state index in [4.69, 9.17) is 18.0 Å². The molecule has 4 heteroatoms. The first-order valence-electron chi connectivity index (χ1n) is 4.21. The lowest BCUT2D eigenvalue weighted by molar-refractivity contribution is 0.0808. The van der Waals surface area contributed by atoms with Gasteiger partial charge >= 0.3 is 0 Å². The van der Waals surface area contributed by atoms with Gasteiger partial charge in [-0.05, 0) is 12.1 Å². The molecule has 0 bridgehead atoms. The minimum absolute atomic E-state index is 0.0869. The Morgan fingerprint density at radius 1 is 1.67 bits per heavy atom. The van der Waals surface area contributed by atoms with Crippen molar-refractivity contribution >= 4 is 17.5 Å². The van der Waals surface area contributed by atoms with E-state index in [0.29, 0.717) is 0 Å². The summed E-state index contributed by atoms with van der Waals surface area (Å²) >= 11 is 5.73. The maximum absolute atomic E-state index is 13.3. The van der Waals surface area contributed by atoms with Crippen LogP contribution in [0.3, 0.4) is 0 Å². The number of carbonyl (C=O) groups excluding carboxylic acids is 1. The fourth-order valence-corrected chi connectivity index (χ4v) is 1.35. The van der Waals surface area contributed by atoms with Crippen molar-refractivity contribution in [1.29, 1.82) is 0 Å². The second-order valence-electron chi connectivity index (χ2n) is 2.96. The van der Waals surface area contributed by atoms with Crippen molar-refractivity contribution in [3.05, 3.63) is 34.6 Å². The summed E-state index contributed by atoms with van der Waals surface area (Å²) in [5.74, 6) is 1.14. The van der Waals surface area contributed by atoms with Gasteiger partial charge in [-0.15, -0.1) is 6.42 Å². The van der Waals surface area contributed by atoms with Gasteiger partial charge < -0.3 is 4.90 Å². The minimum Gasteiger partial charge on any atom is -0.330 e. The summed E-state index contributed by atoms with van der Waals surface area (Å²) < 4.78 is 13.3. The van der Waals surface area contributed by atoms with Crippen molar-refractivity contribution in [2.24, 2.45) is 0 Å². The standard InChI is InChI=1S/C11H9ClFNO/c1-3-7-14(2)11(15)10-8(12)5-4-6-9(10)13/h1,4-6H,7H2,2H3. The van der Waals surface area contributed by atoms with Crippen LogP contribution < -0.4 is 0 Å². The van der Waals surface area contributed by atoms with Crippen molar-refractivity contribution in [1.82, 2.24) is 4.90 Å². The van der Waals surface area contributed by atoms with Crippen molar-refractivity contribution in [2.45, 2.75) is 0 Å². The van der Waals surface area contributed by atoms with Crippen molar-refractivity contribution < 1.29 is 9.18 Å². The third-order valence-electron chi connectivity index (χ3n) is 1.85. The molecule has 0 saturated heterocycles. The fourth-order valence-electron chi connectivity index (χ4n) is 1.10. The molecule has 0 aliphatic rings. The largest absolute Gasteiger partial charge is 0.330 e. The van der Waals surface area contributed by atoms with Gasteiger partial charge in [0.1, 0.15) is 5.82 Å². The molecule has 78 valence electrons. The monoisotopic (exact) mass is 225 g/mol. The van der Waals surface area contributed by atoms with Gasteiger partial charge in [0, 0.05) is 7.05 Å². The summed E-state index contributed by atoms with van der Waals surface area (Å²) in [5.41, 5.74) is -0.142. The maximum atomic E-state index is 13.3. The van der Waals surface area contributed by atoms with Crippen LogP contribution in [0.2, 0.25) is 5.02 Å². The zero-order valence-electron chi connectivity index (χ0n) is 8.13. The molecule has 1 rings (SSSR count). The Morgan fingerprint density at radius 2 is 2.33 bits per heavy atom. The summed E-state index contributed by atoms with van der Waals surface area (Å²) in [4.78, 5) is 12.9. The van der Waals surface area contributed by atoms with Crippen LogP contribution in [0, 0.1) is 18.2 Å². The highest BCUT2D eigenvalue weighted by Gasteiger charge is 2.18. The van der Waals surface area contributed by atoms with E-state index in [1.807, 2.05) is 0 Å². The van der Waals surface area contributed by atoms with E-state index < -0.39 is 11.7 Å². The zero-order chi connectivity index (χ0) is 11.4.